The van der Waals surface area contributed by atoms with Crippen LogP contribution < -0.4 is 4.74 Å². The van der Waals surface area contributed by atoms with Crippen molar-refractivity contribution in [3.63, 3.8) is 0 Å². The predicted octanol–water partition coefficient (Wildman–Crippen LogP) is 4.27. The van der Waals surface area contributed by atoms with Crippen molar-refractivity contribution >= 4 is 16.6 Å². The van der Waals surface area contributed by atoms with Gasteiger partial charge in [0.05, 0.1) is 6.61 Å². The average molecular weight is 345 g/mol. The highest BCUT2D eigenvalue weighted by atomic mass is 16.5. The predicted molar refractivity (Wildman–Crippen MR) is 105 cm³/mol. The molecule has 0 saturated heterocycles. The van der Waals surface area contributed by atoms with Crippen molar-refractivity contribution in [2.75, 3.05) is 26.7 Å². The van der Waals surface area contributed by atoms with Crippen molar-refractivity contribution in [3.05, 3.63) is 53.9 Å². The number of aromatic amines is 1. The number of fused-ring (bicyclic) bond motifs is 2. The number of nitrogens with one attached hydrogen (secondary N) is 1. The molecule has 0 amide bonds. The van der Waals surface area contributed by atoms with E-state index in [4.69, 9.17) is 4.74 Å². The van der Waals surface area contributed by atoms with Crippen LogP contribution in [0.5, 0.6) is 5.75 Å². The van der Waals surface area contributed by atoms with Gasteiger partial charge in [0.2, 0.25) is 0 Å². The normalized spacial score (nSPS) is 17.7. The van der Waals surface area contributed by atoms with Gasteiger partial charge in [-0.3, -0.25) is 0 Å². The molecule has 4 nitrogen and oxygen atoms in total. The summed E-state index contributed by atoms with van der Waals surface area (Å²) in [6, 6.07) is 8.84. The minimum absolute atomic E-state index is 0.830. The molecule has 3 aromatic rings. The molecule has 26 heavy (non-hydrogen) atoms. The zero-order valence-corrected chi connectivity index (χ0v) is 15.1. The Morgan fingerprint density at radius 3 is 3.00 bits per heavy atom. The highest BCUT2D eigenvalue weighted by molar-refractivity contribution is 5.95. The van der Waals surface area contributed by atoms with Gasteiger partial charge in [-0.05, 0) is 66.8 Å². The first kappa shape index (κ1) is 15.6. The lowest BCUT2D eigenvalue weighted by Crippen LogP contribution is -2.23. The lowest BCUT2D eigenvalue weighted by Gasteiger charge is -2.22. The zero-order chi connectivity index (χ0) is 17.5. The first-order chi connectivity index (χ1) is 12.8. The molecule has 0 bridgehead atoms. The molecule has 2 aromatic heterocycles. The minimum Gasteiger partial charge on any atom is -0.493 e. The van der Waals surface area contributed by atoms with Crippen molar-refractivity contribution < 1.29 is 4.74 Å². The molecule has 132 valence electrons. The first-order valence-electron chi connectivity index (χ1n) is 9.39. The fourth-order valence-corrected chi connectivity index (χ4v) is 3.98. The molecular weight excluding hydrogens is 322 g/mol. The van der Waals surface area contributed by atoms with Gasteiger partial charge in [0, 0.05) is 36.4 Å². The molecule has 4 heteroatoms. The first-order valence-corrected chi connectivity index (χ1v) is 9.39. The maximum Gasteiger partial charge on any atom is 0.137 e. The summed E-state index contributed by atoms with van der Waals surface area (Å²) in [5.41, 5.74) is 7.36. The number of rotatable bonds is 2. The van der Waals surface area contributed by atoms with Gasteiger partial charge in [0.1, 0.15) is 11.4 Å². The largest absolute Gasteiger partial charge is 0.493 e. The van der Waals surface area contributed by atoms with E-state index in [9.17, 15) is 0 Å². The molecule has 0 radical (unpaired) electrons. The standard InChI is InChI=1S/C22H23N3O/c1-25-8-6-15(7-9-25)18-12-19-20(14-24-22(19)23-13-18)16-4-5-21-17(11-16)3-2-10-26-21/h4-6,11-14H,2-3,7-10H2,1H3,(H,23,24). The van der Waals surface area contributed by atoms with Crippen LogP contribution in [0.4, 0.5) is 0 Å². The minimum atomic E-state index is 0.830. The smallest absolute Gasteiger partial charge is 0.137 e. The molecule has 0 unspecified atom stereocenters. The molecule has 5 rings (SSSR count). The molecule has 0 saturated carbocycles. The Bertz CT molecular complexity index is 1000. The highest BCUT2D eigenvalue weighted by Gasteiger charge is 2.15. The Labute approximate surface area is 153 Å². The van der Waals surface area contributed by atoms with Crippen molar-refractivity contribution in [2.45, 2.75) is 19.3 Å². The number of ether oxygens (including phenoxy) is 1. The van der Waals surface area contributed by atoms with E-state index in [0.29, 0.717) is 0 Å². The molecule has 0 spiro atoms. The number of nitrogens with zero attached hydrogens (tertiary/aromatic N) is 2. The summed E-state index contributed by atoms with van der Waals surface area (Å²) in [7, 11) is 2.17. The van der Waals surface area contributed by atoms with Gasteiger partial charge in [-0.25, -0.2) is 4.98 Å². The van der Waals surface area contributed by atoms with Crippen LogP contribution in [0.2, 0.25) is 0 Å². The van der Waals surface area contributed by atoms with Crippen LogP contribution in [0, 0.1) is 0 Å². The van der Waals surface area contributed by atoms with E-state index in [-0.39, 0.29) is 0 Å². The number of hydrogen-bond acceptors (Lipinski definition) is 3. The van der Waals surface area contributed by atoms with Crippen molar-refractivity contribution in [3.8, 4) is 16.9 Å². The van der Waals surface area contributed by atoms with Gasteiger partial charge in [0.25, 0.3) is 0 Å². The van der Waals surface area contributed by atoms with Gasteiger partial charge in [-0.15, -0.1) is 0 Å². The topological polar surface area (TPSA) is 41.2 Å². The summed E-state index contributed by atoms with van der Waals surface area (Å²) >= 11 is 0. The van der Waals surface area contributed by atoms with Crippen LogP contribution in [0.15, 0.2) is 42.7 Å². The Balaban J connectivity index is 1.57. The van der Waals surface area contributed by atoms with Gasteiger partial charge >= 0.3 is 0 Å². The fraction of sp³-hybridized carbons (Fsp3) is 0.318. The van der Waals surface area contributed by atoms with Crippen LogP contribution in [-0.2, 0) is 6.42 Å². The van der Waals surface area contributed by atoms with Gasteiger partial charge in [-0.1, -0.05) is 12.1 Å². The Kier molecular flexibility index (Phi) is 3.79. The van der Waals surface area contributed by atoms with Crippen LogP contribution in [0.25, 0.3) is 27.7 Å². The molecule has 0 atom stereocenters. The number of likely N-dealkylation sites (N-methyl/N-ethyl adjacent to an activating group) is 1. The molecule has 0 fully saturated rings. The number of aromatic nitrogens is 2. The van der Waals surface area contributed by atoms with Gasteiger partial charge in [0.15, 0.2) is 0 Å². The number of aryl methyl sites for hydroxylation is 1. The molecule has 1 aromatic carbocycles. The van der Waals surface area contributed by atoms with E-state index >= 15 is 0 Å². The van der Waals surface area contributed by atoms with Crippen LogP contribution in [-0.4, -0.2) is 41.6 Å². The summed E-state index contributed by atoms with van der Waals surface area (Å²) in [4.78, 5) is 10.3. The van der Waals surface area contributed by atoms with Crippen LogP contribution >= 0.6 is 0 Å². The van der Waals surface area contributed by atoms with Crippen molar-refractivity contribution in [1.82, 2.24) is 14.9 Å². The zero-order valence-electron chi connectivity index (χ0n) is 15.1. The molecule has 2 aliphatic rings. The Morgan fingerprint density at radius 1 is 1.15 bits per heavy atom. The number of hydrogen-bond donors (Lipinski definition) is 1. The van der Waals surface area contributed by atoms with E-state index in [1.54, 1.807) is 0 Å². The lowest BCUT2D eigenvalue weighted by atomic mass is 9.97. The summed E-state index contributed by atoms with van der Waals surface area (Å²) in [6.07, 6.45) is 9.68. The summed E-state index contributed by atoms with van der Waals surface area (Å²) < 4.78 is 5.76. The Hall–Kier alpha value is -2.59. The average Bonchev–Trinajstić information content (AvgIpc) is 3.11. The third-order valence-corrected chi connectivity index (χ3v) is 5.53. The second-order valence-electron chi connectivity index (χ2n) is 7.34. The third-order valence-electron chi connectivity index (χ3n) is 5.53. The SMILES string of the molecule is CN1CC=C(c2cnc3[nH]cc(-c4ccc5c(c4)CCCO5)c3c2)CC1. The maximum absolute atomic E-state index is 5.76. The molecule has 4 heterocycles. The fourth-order valence-electron chi connectivity index (χ4n) is 3.98. The summed E-state index contributed by atoms with van der Waals surface area (Å²) in [5.74, 6) is 1.04. The third kappa shape index (κ3) is 2.71. The van der Waals surface area contributed by atoms with Gasteiger partial charge < -0.3 is 14.6 Å². The summed E-state index contributed by atoms with van der Waals surface area (Å²) in [5, 5.41) is 1.19. The lowest BCUT2D eigenvalue weighted by molar-refractivity contribution is 0.288. The maximum atomic E-state index is 5.76. The number of pyridine rings is 1. The second-order valence-corrected chi connectivity index (χ2v) is 7.34. The number of H-pyrrole nitrogens is 1. The quantitative estimate of drug-likeness (QED) is 0.754. The van der Waals surface area contributed by atoms with E-state index in [0.717, 1.165) is 50.4 Å². The van der Waals surface area contributed by atoms with E-state index in [1.165, 1.54) is 33.2 Å². The Morgan fingerprint density at radius 2 is 2.12 bits per heavy atom. The van der Waals surface area contributed by atoms with E-state index in [1.807, 2.05) is 6.20 Å². The molecule has 2 aliphatic heterocycles. The van der Waals surface area contributed by atoms with Crippen molar-refractivity contribution in [2.24, 2.45) is 0 Å². The molecular formula is C22H23N3O. The summed E-state index contributed by atoms with van der Waals surface area (Å²) in [6.45, 7) is 2.95. The van der Waals surface area contributed by atoms with Gasteiger partial charge in [-0.2, -0.15) is 0 Å². The second kappa shape index (κ2) is 6.29. The van der Waals surface area contributed by atoms with Crippen LogP contribution in [0.3, 0.4) is 0 Å². The number of benzene rings is 1. The molecule has 1 N–H and O–H groups in total. The monoisotopic (exact) mass is 345 g/mol. The van der Waals surface area contributed by atoms with E-state index < -0.39 is 0 Å². The van der Waals surface area contributed by atoms with Crippen molar-refractivity contribution in [1.29, 1.82) is 0 Å². The van der Waals surface area contributed by atoms with E-state index in [2.05, 4.69) is 58.5 Å². The van der Waals surface area contributed by atoms with Crippen LogP contribution in [0.1, 0.15) is 24.0 Å². The molecule has 0 aliphatic carbocycles. The highest BCUT2D eigenvalue weighted by Crippen LogP contribution is 2.34.